The van der Waals surface area contributed by atoms with E-state index in [1.54, 1.807) is 0 Å². The summed E-state index contributed by atoms with van der Waals surface area (Å²) in [5.74, 6) is 1.34. The number of nitrogens with one attached hydrogen (secondary N) is 1. The third-order valence-corrected chi connectivity index (χ3v) is 2.29. The number of halogens is 1. The van der Waals surface area contributed by atoms with Crippen LogP contribution in [0.2, 0.25) is 5.02 Å². The molecule has 0 aliphatic heterocycles. The second kappa shape index (κ2) is 5.23. The molecule has 0 aliphatic rings. The maximum absolute atomic E-state index is 6.02. The van der Waals surface area contributed by atoms with Crippen molar-refractivity contribution in [1.82, 2.24) is 5.32 Å². The van der Waals surface area contributed by atoms with Crippen LogP contribution in [0.4, 0.5) is 5.69 Å². The van der Waals surface area contributed by atoms with Gasteiger partial charge in [0.1, 0.15) is 0 Å². The Morgan fingerprint density at radius 3 is 2.71 bits per heavy atom. The summed E-state index contributed by atoms with van der Waals surface area (Å²) in [5.41, 5.74) is 7.54. The zero-order chi connectivity index (χ0) is 10.6. The van der Waals surface area contributed by atoms with Crippen molar-refractivity contribution in [2.75, 3.05) is 12.3 Å². The number of hydrogen-bond acceptors (Lipinski definition) is 2. The quantitative estimate of drug-likeness (QED) is 0.752. The van der Waals surface area contributed by atoms with Gasteiger partial charge in [-0.25, -0.2) is 0 Å². The van der Waals surface area contributed by atoms with Crippen LogP contribution in [0, 0.1) is 5.92 Å². The van der Waals surface area contributed by atoms with E-state index in [9.17, 15) is 0 Å². The minimum absolute atomic E-state index is 0.719. The fourth-order valence-electron chi connectivity index (χ4n) is 1.20. The van der Waals surface area contributed by atoms with Gasteiger partial charge in [0.25, 0.3) is 0 Å². The Labute approximate surface area is 90.4 Å². The SMILES string of the molecule is C[C](C)CNCc1c(N)cccc1Cl. The summed E-state index contributed by atoms with van der Waals surface area (Å²) < 4.78 is 0. The molecule has 0 bridgehead atoms. The normalized spacial score (nSPS) is 10.9. The van der Waals surface area contributed by atoms with E-state index in [0.29, 0.717) is 0 Å². The fourth-order valence-corrected chi connectivity index (χ4v) is 1.45. The van der Waals surface area contributed by atoms with Crippen molar-refractivity contribution in [3.8, 4) is 0 Å². The smallest absolute Gasteiger partial charge is 0.0471 e. The predicted octanol–water partition coefficient (Wildman–Crippen LogP) is 2.63. The molecule has 0 unspecified atom stereocenters. The summed E-state index contributed by atoms with van der Waals surface area (Å²) in [5, 5.41) is 4.01. The molecule has 1 rings (SSSR count). The van der Waals surface area contributed by atoms with Crippen LogP contribution >= 0.6 is 11.6 Å². The van der Waals surface area contributed by atoms with Gasteiger partial charge in [0.05, 0.1) is 0 Å². The third-order valence-electron chi connectivity index (χ3n) is 1.94. The Balaban J connectivity index is 2.58. The average molecular weight is 212 g/mol. The van der Waals surface area contributed by atoms with Gasteiger partial charge in [-0.3, -0.25) is 0 Å². The van der Waals surface area contributed by atoms with Crippen LogP contribution in [0.25, 0.3) is 0 Å². The van der Waals surface area contributed by atoms with E-state index in [1.165, 1.54) is 5.92 Å². The standard InChI is InChI=1S/C11H16ClN2/c1-8(2)6-14-7-9-10(12)4-3-5-11(9)13/h3-5,14H,6-7,13H2,1-2H3. The van der Waals surface area contributed by atoms with Crippen LogP contribution in [-0.2, 0) is 6.54 Å². The Morgan fingerprint density at radius 2 is 2.14 bits per heavy atom. The van der Waals surface area contributed by atoms with Crippen LogP contribution in [0.15, 0.2) is 18.2 Å². The number of benzene rings is 1. The van der Waals surface area contributed by atoms with Crippen molar-refractivity contribution in [2.45, 2.75) is 20.4 Å². The summed E-state index contributed by atoms with van der Waals surface area (Å²) in [6.45, 7) is 5.78. The summed E-state index contributed by atoms with van der Waals surface area (Å²) in [6, 6.07) is 5.58. The van der Waals surface area contributed by atoms with E-state index in [4.69, 9.17) is 17.3 Å². The van der Waals surface area contributed by atoms with Crippen molar-refractivity contribution in [1.29, 1.82) is 0 Å². The summed E-state index contributed by atoms with van der Waals surface area (Å²) in [7, 11) is 0. The van der Waals surface area contributed by atoms with E-state index < -0.39 is 0 Å². The van der Waals surface area contributed by atoms with Crippen LogP contribution in [-0.4, -0.2) is 6.54 Å². The van der Waals surface area contributed by atoms with Gasteiger partial charge in [0, 0.05) is 29.4 Å². The highest BCUT2D eigenvalue weighted by Gasteiger charge is 2.03. The first-order valence-electron chi connectivity index (χ1n) is 4.64. The molecule has 1 aromatic rings. The molecule has 0 fully saturated rings. The minimum Gasteiger partial charge on any atom is -0.398 e. The van der Waals surface area contributed by atoms with Gasteiger partial charge < -0.3 is 11.1 Å². The highest BCUT2D eigenvalue weighted by atomic mass is 35.5. The Morgan fingerprint density at radius 1 is 1.43 bits per heavy atom. The topological polar surface area (TPSA) is 38.0 Å². The second-order valence-corrected chi connectivity index (χ2v) is 4.03. The molecule has 0 aliphatic carbocycles. The highest BCUT2D eigenvalue weighted by molar-refractivity contribution is 6.31. The molecule has 3 N–H and O–H groups in total. The third kappa shape index (κ3) is 3.20. The van der Waals surface area contributed by atoms with Crippen LogP contribution in [0.5, 0.6) is 0 Å². The number of hydrogen-bond donors (Lipinski definition) is 2. The van der Waals surface area contributed by atoms with E-state index >= 15 is 0 Å². The second-order valence-electron chi connectivity index (χ2n) is 3.62. The Hall–Kier alpha value is -0.730. The first-order valence-corrected chi connectivity index (χ1v) is 5.01. The van der Waals surface area contributed by atoms with Crippen molar-refractivity contribution in [3.63, 3.8) is 0 Å². The largest absolute Gasteiger partial charge is 0.398 e. The van der Waals surface area contributed by atoms with Crippen LogP contribution in [0.1, 0.15) is 19.4 Å². The molecule has 0 spiro atoms. The Bertz CT molecular complexity index is 277. The van der Waals surface area contributed by atoms with Crippen molar-refractivity contribution < 1.29 is 0 Å². The van der Waals surface area contributed by atoms with E-state index in [2.05, 4.69) is 19.2 Å². The minimum atomic E-state index is 0.719. The maximum atomic E-state index is 6.02. The molecule has 0 aromatic heterocycles. The highest BCUT2D eigenvalue weighted by Crippen LogP contribution is 2.21. The molecule has 2 nitrogen and oxygen atoms in total. The van der Waals surface area contributed by atoms with E-state index in [-0.39, 0.29) is 0 Å². The molecular weight excluding hydrogens is 196 g/mol. The lowest BCUT2D eigenvalue weighted by atomic mass is 10.1. The lowest BCUT2D eigenvalue weighted by Gasteiger charge is -2.10. The molecule has 14 heavy (non-hydrogen) atoms. The molecule has 3 heteroatoms. The van der Waals surface area contributed by atoms with Crippen LogP contribution in [0.3, 0.4) is 0 Å². The first kappa shape index (κ1) is 11.3. The van der Waals surface area contributed by atoms with Gasteiger partial charge in [-0.05, 0) is 18.1 Å². The Kier molecular flexibility index (Phi) is 4.23. The number of nitrogen functional groups attached to an aromatic ring is 1. The zero-order valence-corrected chi connectivity index (χ0v) is 9.36. The van der Waals surface area contributed by atoms with Gasteiger partial charge >= 0.3 is 0 Å². The molecule has 0 amide bonds. The zero-order valence-electron chi connectivity index (χ0n) is 8.60. The molecule has 0 saturated carbocycles. The molecule has 1 radical (unpaired) electrons. The summed E-state index contributed by atoms with van der Waals surface area (Å²) in [6.07, 6.45) is 0. The fraction of sp³-hybridized carbons (Fsp3) is 0.364. The lowest BCUT2D eigenvalue weighted by Crippen LogP contribution is -2.18. The molecule has 77 valence electrons. The molecular formula is C11H16ClN2. The molecule has 0 saturated heterocycles. The van der Waals surface area contributed by atoms with Crippen molar-refractivity contribution in [2.24, 2.45) is 0 Å². The lowest BCUT2D eigenvalue weighted by molar-refractivity contribution is 0.698. The molecule has 1 aromatic carbocycles. The van der Waals surface area contributed by atoms with E-state index in [0.717, 1.165) is 29.4 Å². The van der Waals surface area contributed by atoms with Crippen molar-refractivity contribution >= 4 is 17.3 Å². The van der Waals surface area contributed by atoms with Gasteiger partial charge in [0.2, 0.25) is 0 Å². The average Bonchev–Trinajstić information content (AvgIpc) is 2.09. The number of nitrogens with two attached hydrogens (primary N) is 1. The molecule has 0 atom stereocenters. The number of anilines is 1. The molecule has 0 heterocycles. The first-order chi connectivity index (χ1) is 6.61. The van der Waals surface area contributed by atoms with Gasteiger partial charge in [-0.1, -0.05) is 31.5 Å². The predicted molar refractivity (Wildman–Crippen MR) is 62.2 cm³/mol. The van der Waals surface area contributed by atoms with Gasteiger partial charge in [-0.2, -0.15) is 0 Å². The summed E-state index contributed by atoms with van der Waals surface area (Å²) >= 11 is 6.02. The number of rotatable bonds is 4. The van der Waals surface area contributed by atoms with Gasteiger partial charge in [0.15, 0.2) is 0 Å². The summed E-state index contributed by atoms with van der Waals surface area (Å²) in [4.78, 5) is 0. The van der Waals surface area contributed by atoms with Crippen LogP contribution < -0.4 is 11.1 Å². The van der Waals surface area contributed by atoms with Gasteiger partial charge in [-0.15, -0.1) is 0 Å². The van der Waals surface area contributed by atoms with E-state index in [1.807, 2.05) is 18.2 Å². The van der Waals surface area contributed by atoms with Crippen molar-refractivity contribution in [3.05, 3.63) is 34.7 Å². The monoisotopic (exact) mass is 211 g/mol. The maximum Gasteiger partial charge on any atom is 0.0471 e.